The van der Waals surface area contributed by atoms with Gasteiger partial charge >= 0.3 is 5.97 Å². The number of ether oxygens (including phenoxy) is 2. The molecule has 1 heterocycles. The molecule has 6 nitrogen and oxygen atoms in total. The summed E-state index contributed by atoms with van der Waals surface area (Å²) in [5, 5.41) is 9.22. The van der Waals surface area contributed by atoms with Crippen molar-refractivity contribution in [3.8, 4) is 22.9 Å². The molecule has 0 aliphatic heterocycles. The molecule has 0 atom stereocenters. The Morgan fingerprint density at radius 1 is 0.935 bits per heavy atom. The number of aliphatic imine (C=N–C) groups is 1. The summed E-state index contributed by atoms with van der Waals surface area (Å²) in [5.74, 6) is 1.02. The Labute approximate surface area is 179 Å². The van der Waals surface area contributed by atoms with Gasteiger partial charge in [-0.15, -0.1) is 0 Å². The highest BCUT2D eigenvalue weighted by Crippen LogP contribution is 2.31. The smallest absolute Gasteiger partial charge is 0.335 e. The van der Waals surface area contributed by atoms with Crippen molar-refractivity contribution in [2.75, 3.05) is 7.11 Å². The van der Waals surface area contributed by atoms with Crippen LogP contribution < -0.4 is 9.47 Å². The Hall–Kier alpha value is -4.32. The first-order valence-electron chi connectivity index (χ1n) is 9.60. The monoisotopic (exact) mass is 412 g/mol. The zero-order valence-electron chi connectivity index (χ0n) is 16.8. The molecule has 1 aromatic heterocycles. The maximum Gasteiger partial charge on any atom is 0.335 e. The van der Waals surface area contributed by atoms with Gasteiger partial charge in [0.15, 0.2) is 11.5 Å². The molecule has 0 saturated carbocycles. The van der Waals surface area contributed by atoms with E-state index < -0.39 is 5.97 Å². The number of benzene rings is 3. The fourth-order valence-corrected chi connectivity index (χ4v) is 3.09. The number of carboxylic acids is 1. The van der Waals surface area contributed by atoms with Crippen LogP contribution in [0.5, 0.6) is 17.2 Å². The third kappa shape index (κ3) is 4.64. The van der Waals surface area contributed by atoms with Crippen LogP contribution in [0.3, 0.4) is 0 Å². The van der Waals surface area contributed by atoms with Crippen LogP contribution in [0.25, 0.3) is 5.69 Å². The van der Waals surface area contributed by atoms with Crippen molar-refractivity contribution in [1.29, 1.82) is 0 Å². The van der Waals surface area contributed by atoms with E-state index in [1.54, 1.807) is 31.5 Å². The van der Waals surface area contributed by atoms with Gasteiger partial charge in [-0.05, 0) is 66.7 Å². The molecule has 3 aromatic carbocycles. The number of hydrogen-bond acceptors (Lipinski definition) is 4. The van der Waals surface area contributed by atoms with E-state index >= 15 is 0 Å². The Morgan fingerprint density at radius 3 is 2.45 bits per heavy atom. The predicted octanol–water partition coefficient (Wildman–Crippen LogP) is 5.73. The SMILES string of the molecule is COc1ccccc1Oc1ccc(N=Cc2cccn2-c2cccc(C(=O)O)c2)cc1. The fourth-order valence-electron chi connectivity index (χ4n) is 3.09. The average Bonchev–Trinajstić information content (AvgIpc) is 3.28. The predicted molar refractivity (Wildman–Crippen MR) is 119 cm³/mol. The Morgan fingerprint density at radius 2 is 1.71 bits per heavy atom. The highest BCUT2D eigenvalue weighted by Gasteiger charge is 2.07. The molecule has 6 heteroatoms. The Kier molecular flexibility index (Phi) is 5.80. The number of carboxylic acid groups (broad SMARTS) is 1. The molecule has 0 fully saturated rings. The maximum atomic E-state index is 11.2. The lowest BCUT2D eigenvalue weighted by molar-refractivity contribution is 0.0697. The van der Waals surface area contributed by atoms with Crippen LogP contribution in [-0.4, -0.2) is 29.0 Å². The van der Waals surface area contributed by atoms with Crippen LogP contribution >= 0.6 is 0 Å². The largest absolute Gasteiger partial charge is 0.493 e. The van der Waals surface area contributed by atoms with Gasteiger partial charge in [-0.1, -0.05) is 18.2 Å². The van der Waals surface area contributed by atoms with Crippen LogP contribution in [0.15, 0.2) is 96.1 Å². The maximum absolute atomic E-state index is 11.2. The summed E-state index contributed by atoms with van der Waals surface area (Å²) in [7, 11) is 1.60. The van der Waals surface area contributed by atoms with Gasteiger partial charge in [0, 0.05) is 11.9 Å². The minimum absolute atomic E-state index is 0.236. The van der Waals surface area contributed by atoms with Crippen LogP contribution in [-0.2, 0) is 0 Å². The van der Waals surface area contributed by atoms with Gasteiger partial charge in [-0.2, -0.15) is 0 Å². The number of carbonyl (C=O) groups is 1. The highest BCUT2D eigenvalue weighted by molar-refractivity contribution is 5.88. The first-order valence-corrected chi connectivity index (χ1v) is 9.60. The van der Waals surface area contributed by atoms with Crippen LogP contribution in [0, 0.1) is 0 Å². The molecule has 0 aliphatic carbocycles. The Balaban J connectivity index is 1.51. The summed E-state index contributed by atoms with van der Waals surface area (Å²) < 4.78 is 13.1. The summed E-state index contributed by atoms with van der Waals surface area (Å²) in [5.41, 5.74) is 2.59. The van der Waals surface area contributed by atoms with E-state index in [9.17, 15) is 9.90 Å². The third-order valence-electron chi connectivity index (χ3n) is 4.63. The Bertz CT molecular complexity index is 1230. The molecule has 0 spiro atoms. The van der Waals surface area contributed by atoms with Gasteiger partial charge < -0.3 is 19.1 Å². The number of methoxy groups -OCH3 is 1. The number of hydrogen-bond donors (Lipinski definition) is 1. The van der Waals surface area contributed by atoms with Crippen molar-refractivity contribution < 1.29 is 19.4 Å². The lowest BCUT2D eigenvalue weighted by Gasteiger charge is -2.10. The first-order chi connectivity index (χ1) is 15.1. The zero-order valence-corrected chi connectivity index (χ0v) is 16.8. The van der Waals surface area contributed by atoms with Crippen molar-refractivity contribution in [2.45, 2.75) is 0 Å². The minimum Gasteiger partial charge on any atom is -0.493 e. The average molecular weight is 412 g/mol. The van der Waals surface area contributed by atoms with Crippen molar-refractivity contribution in [1.82, 2.24) is 4.57 Å². The lowest BCUT2D eigenvalue weighted by Crippen LogP contribution is -2.01. The fraction of sp³-hybridized carbons (Fsp3) is 0.0400. The number of rotatable bonds is 7. The summed E-state index contributed by atoms with van der Waals surface area (Å²) in [6.07, 6.45) is 3.61. The molecule has 0 radical (unpaired) electrons. The van der Waals surface area contributed by atoms with Gasteiger partial charge in [-0.3, -0.25) is 4.99 Å². The van der Waals surface area contributed by atoms with Gasteiger partial charge in [0.2, 0.25) is 0 Å². The quantitative estimate of drug-likeness (QED) is 0.394. The summed E-state index contributed by atoms with van der Waals surface area (Å²) in [4.78, 5) is 15.8. The van der Waals surface area contributed by atoms with Crippen molar-refractivity contribution in [3.63, 3.8) is 0 Å². The molecule has 0 unspecified atom stereocenters. The van der Waals surface area contributed by atoms with E-state index in [0.29, 0.717) is 17.2 Å². The van der Waals surface area contributed by atoms with Crippen molar-refractivity contribution in [2.24, 2.45) is 4.99 Å². The normalized spacial score (nSPS) is 10.9. The molecular formula is C25H20N2O4. The van der Waals surface area contributed by atoms with Crippen molar-refractivity contribution >= 4 is 17.9 Å². The van der Waals surface area contributed by atoms with Crippen LogP contribution in [0.1, 0.15) is 16.1 Å². The van der Waals surface area contributed by atoms with Gasteiger partial charge in [0.05, 0.1) is 30.3 Å². The first kappa shape index (κ1) is 20.0. The second-order valence-corrected chi connectivity index (χ2v) is 6.66. The molecule has 31 heavy (non-hydrogen) atoms. The summed E-state index contributed by atoms with van der Waals surface area (Å²) in [6.45, 7) is 0. The summed E-state index contributed by atoms with van der Waals surface area (Å²) >= 11 is 0. The van der Waals surface area contributed by atoms with Crippen LogP contribution in [0.4, 0.5) is 5.69 Å². The van der Waals surface area contributed by atoms with Crippen LogP contribution in [0.2, 0.25) is 0 Å². The van der Waals surface area contributed by atoms with Gasteiger partial charge in [-0.25, -0.2) is 4.79 Å². The van der Waals surface area contributed by atoms with E-state index in [-0.39, 0.29) is 5.56 Å². The molecule has 0 amide bonds. The number of aromatic carboxylic acids is 1. The van der Waals surface area contributed by atoms with Gasteiger partial charge in [0.1, 0.15) is 5.75 Å². The van der Waals surface area contributed by atoms with E-state index in [1.165, 1.54) is 0 Å². The third-order valence-corrected chi connectivity index (χ3v) is 4.63. The van der Waals surface area contributed by atoms with E-state index in [0.717, 1.165) is 17.1 Å². The van der Waals surface area contributed by atoms with E-state index in [2.05, 4.69) is 4.99 Å². The molecule has 0 bridgehead atoms. The van der Waals surface area contributed by atoms with Crippen molar-refractivity contribution in [3.05, 3.63) is 102 Å². The molecule has 154 valence electrons. The second-order valence-electron chi connectivity index (χ2n) is 6.66. The minimum atomic E-state index is -0.959. The summed E-state index contributed by atoms with van der Waals surface area (Å²) in [6, 6.07) is 25.4. The molecule has 0 aliphatic rings. The second kappa shape index (κ2) is 9.00. The molecule has 4 rings (SSSR count). The van der Waals surface area contributed by atoms with E-state index in [1.807, 2.05) is 77.5 Å². The van der Waals surface area contributed by atoms with Gasteiger partial charge in [0.25, 0.3) is 0 Å². The molecule has 4 aromatic rings. The number of aromatic nitrogens is 1. The lowest BCUT2D eigenvalue weighted by atomic mass is 10.2. The zero-order chi connectivity index (χ0) is 21.6. The number of para-hydroxylation sites is 2. The van der Waals surface area contributed by atoms with E-state index in [4.69, 9.17) is 9.47 Å². The topological polar surface area (TPSA) is 73.0 Å². The molecule has 0 saturated heterocycles. The molecule has 1 N–H and O–H groups in total. The highest BCUT2D eigenvalue weighted by atomic mass is 16.5. The number of nitrogens with zero attached hydrogens (tertiary/aromatic N) is 2. The standard InChI is InChI=1S/C25H20N2O4/c1-30-23-9-2-3-10-24(23)31-22-13-11-19(12-14-22)26-17-21-8-5-15-27(21)20-7-4-6-18(16-20)25(28)29/h2-17H,1H3,(H,28,29). The molecular weight excluding hydrogens is 392 g/mol.